The first-order valence-electron chi connectivity index (χ1n) is 8.65. The molecule has 27 heavy (non-hydrogen) atoms. The van der Waals surface area contributed by atoms with Gasteiger partial charge in [-0.1, -0.05) is 24.3 Å². The van der Waals surface area contributed by atoms with Gasteiger partial charge in [-0.15, -0.1) is 11.3 Å². The number of ether oxygens (including phenoxy) is 1. The number of carbonyl (C=O) groups is 2. The minimum atomic E-state index is -0.370. The molecule has 0 aliphatic rings. The number of quaternary nitrogens is 1. The van der Waals surface area contributed by atoms with Crippen molar-refractivity contribution in [2.75, 3.05) is 20.7 Å². The molecule has 1 aromatic heterocycles. The molecule has 2 aromatic carbocycles. The van der Waals surface area contributed by atoms with Crippen LogP contribution in [0.15, 0.2) is 48.5 Å². The maximum atomic E-state index is 12.2. The Morgan fingerprint density at radius 1 is 1.15 bits per heavy atom. The molecule has 1 heterocycles. The summed E-state index contributed by atoms with van der Waals surface area (Å²) in [6.07, 6.45) is 0. The van der Waals surface area contributed by atoms with E-state index < -0.39 is 0 Å². The van der Waals surface area contributed by atoms with Crippen LogP contribution >= 0.6 is 11.3 Å². The van der Waals surface area contributed by atoms with Gasteiger partial charge in [0.1, 0.15) is 11.6 Å². The number of aromatic nitrogens is 1. The van der Waals surface area contributed by atoms with E-state index in [1.54, 1.807) is 23.5 Å². The van der Waals surface area contributed by atoms with Crippen LogP contribution in [0.1, 0.15) is 20.9 Å². The summed E-state index contributed by atoms with van der Waals surface area (Å²) < 4.78 is 5.84. The van der Waals surface area contributed by atoms with E-state index in [9.17, 15) is 9.59 Å². The number of esters is 1. The van der Waals surface area contributed by atoms with Crippen LogP contribution in [0.4, 0.5) is 0 Å². The third kappa shape index (κ3) is 5.12. The lowest BCUT2D eigenvalue weighted by atomic mass is 10.1. The van der Waals surface area contributed by atoms with Gasteiger partial charge in [0, 0.05) is 6.54 Å². The van der Waals surface area contributed by atoms with E-state index in [0.29, 0.717) is 25.2 Å². The average molecular weight is 384 g/mol. The number of thiazole rings is 1. The Balaban J connectivity index is 1.47. The molecule has 1 atom stereocenters. The lowest BCUT2D eigenvalue weighted by molar-refractivity contribution is -0.885. The Morgan fingerprint density at radius 2 is 1.89 bits per heavy atom. The molecule has 3 aromatic rings. The smallest absolute Gasteiger partial charge is 0.337 e. The fraction of sp³-hybridized carbons (Fsp3) is 0.250. The minimum absolute atomic E-state index is 0.0225. The Bertz CT molecular complexity index is 904. The molecule has 0 saturated carbocycles. The monoisotopic (exact) mass is 384 g/mol. The molecule has 2 N–H and O–H groups in total. The van der Waals surface area contributed by atoms with Crippen LogP contribution in [0.5, 0.6) is 0 Å². The standard InChI is InChI=1S/C20H21N3O3S/c1-23(13-19-22-16-5-3-4-6-17(16)27-19)12-18(24)21-11-14-7-9-15(10-8-14)20(25)26-2/h3-10H,11-13H2,1-2H3,(H,21,24)/p+1. The van der Waals surface area contributed by atoms with Gasteiger partial charge in [0.25, 0.3) is 5.91 Å². The first-order valence-corrected chi connectivity index (χ1v) is 9.46. The largest absolute Gasteiger partial charge is 0.465 e. The minimum Gasteiger partial charge on any atom is -0.465 e. The van der Waals surface area contributed by atoms with Crippen molar-refractivity contribution in [3.8, 4) is 0 Å². The maximum absolute atomic E-state index is 12.2. The number of benzene rings is 2. The van der Waals surface area contributed by atoms with Gasteiger partial charge < -0.3 is 15.0 Å². The molecule has 1 unspecified atom stereocenters. The third-order valence-corrected chi connectivity index (χ3v) is 5.15. The highest BCUT2D eigenvalue weighted by Crippen LogP contribution is 2.20. The van der Waals surface area contributed by atoms with Crippen molar-refractivity contribution in [1.82, 2.24) is 10.3 Å². The summed E-state index contributed by atoms with van der Waals surface area (Å²) in [7, 11) is 3.33. The molecule has 0 spiro atoms. The van der Waals surface area contributed by atoms with Gasteiger partial charge in [-0.25, -0.2) is 9.78 Å². The molecule has 7 heteroatoms. The van der Waals surface area contributed by atoms with Crippen molar-refractivity contribution in [1.29, 1.82) is 0 Å². The normalized spacial score (nSPS) is 11.9. The summed E-state index contributed by atoms with van der Waals surface area (Å²) in [4.78, 5) is 29.3. The fourth-order valence-electron chi connectivity index (χ4n) is 2.73. The molecule has 1 amide bonds. The van der Waals surface area contributed by atoms with Crippen LogP contribution in [0.3, 0.4) is 0 Å². The fourth-order valence-corrected chi connectivity index (χ4v) is 3.81. The third-order valence-electron chi connectivity index (χ3n) is 4.12. The number of hydrogen-bond acceptors (Lipinski definition) is 5. The number of nitrogens with one attached hydrogen (secondary N) is 2. The Hall–Kier alpha value is -2.77. The number of para-hydroxylation sites is 1. The lowest BCUT2D eigenvalue weighted by Crippen LogP contribution is -3.08. The molecule has 3 rings (SSSR count). The van der Waals surface area contributed by atoms with Crippen molar-refractivity contribution in [2.24, 2.45) is 0 Å². The second kappa shape index (κ2) is 8.75. The second-order valence-electron chi connectivity index (χ2n) is 6.35. The van der Waals surface area contributed by atoms with E-state index in [2.05, 4.69) is 21.1 Å². The summed E-state index contributed by atoms with van der Waals surface area (Å²) in [5, 5.41) is 3.94. The predicted octanol–water partition coefficient (Wildman–Crippen LogP) is 1.41. The van der Waals surface area contributed by atoms with Crippen LogP contribution < -0.4 is 10.2 Å². The molecular formula is C20H22N3O3S+. The number of methoxy groups -OCH3 is 1. The summed E-state index contributed by atoms with van der Waals surface area (Å²) in [5.41, 5.74) is 2.43. The van der Waals surface area contributed by atoms with E-state index in [-0.39, 0.29) is 11.9 Å². The number of nitrogens with zero attached hydrogens (tertiary/aromatic N) is 1. The molecule has 0 radical (unpaired) electrons. The number of carbonyl (C=O) groups excluding carboxylic acids is 2. The molecule has 0 aliphatic heterocycles. The van der Waals surface area contributed by atoms with E-state index in [1.165, 1.54) is 11.8 Å². The van der Waals surface area contributed by atoms with Crippen LogP contribution in [-0.2, 0) is 22.6 Å². The molecule has 0 aliphatic carbocycles. The van der Waals surface area contributed by atoms with Gasteiger partial charge in [0.05, 0.1) is 29.9 Å². The lowest BCUT2D eigenvalue weighted by Gasteiger charge is -2.12. The Kier molecular flexibility index (Phi) is 6.16. The maximum Gasteiger partial charge on any atom is 0.337 e. The number of amides is 1. The first-order chi connectivity index (χ1) is 13.0. The average Bonchev–Trinajstić information content (AvgIpc) is 3.08. The first kappa shape index (κ1) is 19.0. The van der Waals surface area contributed by atoms with E-state index in [1.807, 2.05) is 37.4 Å². The van der Waals surface area contributed by atoms with Gasteiger partial charge in [0.2, 0.25) is 0 Å². The van der Waals surface area contributed by atoms with Crippen LogP contribution in [0.25, 0.3) is 10.2 Å². The van der Waals surface area contributed by atoms with E-state index >= 15 is 0 Å². The quantitative estimate of drug-likeness (QED) is 0.604. The van der Waals surface area contributed by atoms with Crippen LogP contribution in [0.2, 0.25) is 0 Å². The molecule has 0 bridgehead atoms. The van der Waals surface area contributed by atoms with Crippen molar-refractivity contribution in [3.63, 3.8) is 0 Å². The van der Waals surface area contributed by atoms with Crippen LogP contribution in [0, 0.1) is 0 Å². The number of fused-ring (bicyclic) bond motifs is 1. The van der Waals surface area contributed by atoms with Gasteiger partial charge in [-0.2, -0.15) is 0 Å². The SMILES string of the molecule is COC(=O)c1ccc(CNC(=O)C[NH+](C)Cc2nc3ccccc3s2)cc1. The zero-order valence-corrected chi connectivity index (χ0v) is 16.1. The van der Waals surface area contributed by atoms with Crippen molar-refractivity contribution >= 4 is 33.4 Å². The summed E-state index contributed by atoms with van der Waals surface area (Å²) in [6, 6.07) is 15.1. The van der Waals surface area contributed by atoms with Crippen molar-refractivity contribution < 1.29 is 19.2 Å². The zero-order valence-electron chi connectivity index (χ0n) is 15.3. The highest BCUT2D eigenvalue weighted by atomic mass is 32.1. The molecule has 0 saturated heterocycles. The number of likely N-dealkylation sites (N-methyl/N-ethyl adjacent to an activating group) is 1. The highest BCUT2D eigenvalue weighted by Gasteiger charge is 2.13. The molecular weight excluding hydrogens is 362 g/mol. The van der Waals surface area contributed by atoms with E-state index in [0.717, 1.165) is 21.0 Å². The Labute approximate surface area is 161 Å². The summed E-state index contributed by atoms with van der Waals surface area (Å²) >= 11 is 1.67. The highest BCUT2D eigenvalue weighted by molar-refractivity contribution is 7.18. The van der Waals surface area contributed by atoms with Crippen molar-refractivity contribution in [2.45, 2.75) is 13.1 Å². The molecule has 6 nitrogen and oxygen atoms in total. The number of rotatable bonds is 7. The topological polar surface area (TPSA) is 72.7 Å². The molecule has 140 valence electrons. The van der Waals surface area contributed by atoms with Gasteiger partial charge >= 0.3 is 5.97 Å². The second-order valence-corrected chi connectivity index (χ2v) is 7.47. The van der Waals surface area contributed by atoms with Gasteiger partial charge in [-0.3, -0.25) is 4.79 Å². The van der Waals surface area contributed by atoms with Gasteiger partial charge in [-0.05, 0) is 29.8 Å². The summed E-state index contributed by atoms with van der Waals surface area (Å²) in [6.45, 7) is 1.51. The van der Waals surface area contributed by atoms with Crippen molar-refractivity contribution in [3.05, 3.63) is 64.7 Å². The van der Waals surface area contributed by atoms with E-state index in [4.69, 9.17) is 0 Å². The molecule has 0 fully saturated rings. The van der Waals surface area contributed by atoms with Gasteiger partial charge in [0.15, 0.2) is 6.54 Å². The summed E-state index contributed by atoms with van der Waals surface area (Å²) in [5.74, 6) is -0.392. The zero-order chi connectivity index (χ0) is 19.2. The number of hydrogen-bond donors (Lipinski definition) is 2. The van der Waals surface area contributed by atoms with Crippen LogP contribution in [-0.4, -0.2) is 37.6 Å². The Morgan fingerprint density at radius 3 is 2.59 bits per heavy atom. The predicted molar refractivity (Wildman–Crippen MR) is 105 cm³/mol.